The van der Waals surface area contributed by atoms with Gasteiger partial charge in [0.05, 0.1) is 12.7 Å². The molecule has 2 heterocycles. The number of aromatic nitrogens is 2. The predicted molar refractivity (Wildman–Crippen MR) is 97.4 cm³/mol. The van der Waals surface area contributed by atoms with Crippen molar-refractivity contribution in [2.75, 3.05) is 18.5 Å². The van der Waals surface area contributed by atoms with Crippen molar-refractivity contribution >= 4 is 32.4 Å². The Kier molecular flexibility index (Phi) is 5.37. The third-order valence-corrected chi connectivity index (χ3v) is 7.21. The van der Waals surface area contributed by atoms with E-state index in [0.717, 1.165) is 22.5 Å². The van der Waals surface area contributed by atoms with Crippen LogP contribution in [-0.2, 0) is 19.6 Å². The van der Waals surface area contributed by atoms with Gasteiger partial charge in [0.25, 0.3) is 10.0 Å². The van der Waals surface area contributed by atoms with Crippen molar-refractivity contribution in [3.05, 3.63) is 35.4 Å². The number of anilines is 1. The Balaban J connectivity index is 1.84. The van der Waals surface area contributed by atoms with E-state index in [0.29, 0.717) is 0 Å². The van der Waals surface area contributed by atoms with Crippen LogP contribution in [0.3, 0.4) is 0 Å². The number of benzene rings is 1. The number of morpholine rings is 1. The van der Waals surface area contributed by atoms with E-state index in [4.69, 9.17) is 4.74 Å². The third kappa shape index (κ3) is 3.93. The lowest BCUT2D eigenvalue weighted by atomic mass is 10.1. The summed E-state index contributed by atoms with van der Waals surface area (Å²) in [4.78, 5) is 11.1. The minimum Gasteiger partial charge on any atom is -0.370 e. The Labute approximate surface area is 156 Å². The normalized spacial score (nSPS) is 21.5. The number of amides is 1. The summed E-state index contributed by atoms with van der Waals surface area (Å²) in [6, 6.07) is 7.51. The fourth-order valence-electron chi connectivity index (χ4n) is 2.67. The minimum absolute atomic E-state index is 0.141. The average Bonchev–Trinajstić information content (AvgIpc) is 3.04. The first-order valence-electron chi connectivity index (χ1n) is 8.08. The lowest BCUT2D eigenvalue weighted by Crippen LogP contribution is -2.48. The Morgan fingerprint density at radius 1 is 1.31 bits per heavy atom. The summed E-state index contributed by atoms with van der Waals surface area (Å²) in [5, 5.41) is 10.1. The fourth-order valence-corrected chi connectivity index (χ4v) is 5.35. The molecule has 140 valence electrons. The number of nitrogens with zero attached hydrogens (tertiary/aromatic N) is 3. The van der Waals surface area contributed by atoms with E-state index in [9.17, 15) is 13.2 Å². The van der Waals surface area contributed by atoms with Gasteiger partial charge in [0.1, 0.15) is 0 Å². The summed E-state index contributed by atoms with van der Waals surface area (Å²) in [6.07, 6.45) is -0.343. The standard InChI is InChI=1S/C16H20N4O4S2/c1-10-4-6-13(7-5-10)14-8-20(11(2)9-24-14)26(22,23)16-19-18-15(25-16)17-12(3)21/h4-7,11,14H,8-9H2,1-3H3,(H,17,18,21). The van der Waals surface area contributed by atoms with Crippen LogP contribution in [-0.4, -0.2) is 48.0 Å². The molecular formula is C16H20N4O4S2. The molecule has 0 spiro atoms. The maximum absolute atomic E-state index is 13.0. The molecule has 1 aromatic carbocycles. The van der Waals surface area contributed by atoms with E-state index in [1.165, 1.54) is 11.2 Å². The van der Waals surface area contributed by atoms with E-state index in [1.54, 1.807) is 6.92 Å². The fraction of sp³-hybridized carbons (Fsp3) is 0.438. The molecule has 0 radical (unpaired) electrons. The van der Waals surface area contributed by atoms with E-state index in [2.05, 4.69) is 15.5 Å². The average molecular weight is 396 g/mol. The Hall–Kier alpha value is -1.88. The lowest BCUT2D eigenvalue weighted by Gasteiger charge is -2.36. The summed E-state index contributed by atoms with van der Waals surface area (Å²) in [7, 11) is -3.83. The quantitative estimate of drug-likeness (QED) is 0.793. The van der Waals surface area contributed by atoms with Crippen LogP contribution in [0.2, 0.25) is 0 Å². The highest BCUT2D eigenvalue weighted by atomic mass is 32.2. The van der Waals surface area contributed by atoms with Gasteiger partial charge < -0.3 is 10.1 Å². The molecule has 10 heteroatoms. The molecule has 2 unspecified atom stereocenters. The van der Waals surface area contributed by atoms with Gasteiger partial charge in [-0.3, -0.25) is 4.79 Å². The monoisotopic (exact) mass is 396 g/mol. The molecule has 0 saturated carbocycles. The summed E-state index contributed by atoms with van der Waals surface area (Å²) in [6.45, 7) is 5.59. The Morgan fingerprint density at radius 2 is 2.00 bits per heavy atom. The van der Waals surface area contributed by atoms with Crippen molar-refractivity contribution in [2.45, 2.75) is 37.3 Å². The lowest BCUT2D eigenvalue weighted by molar-refractivity contribution is -0.114. The van der Waals surface area contributed by atoms with Crippen LogP contribution in [0.4, 0.5) is 5.13 Å². The van der Waals surface area contributed by atoms with E-state index < -0.39 is 10.0 Å². The van der Waals surface area contributed by atoms with Crippen LogP contribution >= 0.6 is 11.3 Å². The molecule has 1 aromatic heterocycles. The van der Waals surface area contributed by atoms with Gasteiger partial charge in [-0.1, -0.05) is 41.2 Å². The van der Waals surface area contributed by atoms with Gasteiger partial charge in [-0.25, -0.2) is 8.42 Å². The highest BCUT2D eigenvalue weighted by Crippen LogP contribution is 2.31. The molecule has 1 amide bonds. The number of hydrogen-bond acceptors (Lipinski definition) is 7. The molecule has 1 aliphatic rings. The van der Waals surface area contributed by atoms with Crippen LogP contribution in [0.25, 0.3) is 0 Å². The van der Waals surface area contributed by atoms with Crippen LogP contribution in [0.5, 0.6) is 0 Å². The molecule has 3 rings (SSSR count). The Bertz CT molecular complexity index is 895. The van der Waals surface area contributed by atoms with Gasteiger partial charge in [-0.15, -0.1) is 10.2 Å². The van der Waals surface area contributed by atoms with Gasteiger partial charge in [-0.05, 0) is 19.4 Å². The first-order chi connectivity index (χ1) is 12.3. The van der Waals surface area contributed by atoms with E-state index in [1.807, 2.05) is 31.2 Å². The van der Waals surface area contributed by atoms with Gasteiger partial charge in [-0.2, -0.15) is 4.31 Å². The molecule has 1 saturated heterocycles. The van der Waals surface area contributed by atoms with Gasteiger partial charge in [0, 0.05) is 19.5 Å². The molecule has 2 atom stereocenters. The minimum atomic E-state index is -3.83. The van der Waals surface area contributed by atoms with E-state index in [-0.39, 0.29) is 40.7 Å². The molecule has 1 N–H and O–H groups in total. The first kappa shape index (κ1) is 18.9. The number of nitrogens with one attached hydrogen (secondary N) is 1. The number of rotatable bonds is 4. The smallest absolute Gasteiger partial charge is 0.272 e. The topological polar surface area (TPSA) is 101 Å². The van der Waals surface area contributed by atoms with Crippen LogP contribution < -0.4 is 5.32 Å². The number of carbonyl (C=O) groups is 1. The molecule has 26 heavy (non-hydrogen) atoms. The zero-order valence-corrected chi connectivity index (χ0v) is 16.3. The van der Waals surface area contributed by atoms with Crippen molar-refractivity contribution in [1.82, 2.24) is 14.5 Å². The van der Waals surface area contributed by atoms with Crippen molar-refractivity contribution in [3.8, 4) is 0 Å². The zero-order chi connectivity index (χ0) is 18.9. The summed E-state index contributed by atoms with van der Waals surface area (Å²) >= 11 is 0.838. The first-order valence-corrected chi connectivity index (χ1v) is 10.3. The number of ether oxygens (including phenoxy) is 1. The highest BCUT2D eigenvalue weighted by molar-refractivity contribution is 7.91. The number of sulfonamides is 1. The van der Waals surface area contributed by atoms with Gasteiger partial charge in [0.15, 0.2) is 0 Å². The summed E-state index contributed by atoms with van der Waals surface area (Å²) in [5.74, 6) is -0.329. The second-order valence-electron chi connectivity index (χ2n) is 6.21. The third-order valence-electron chi connectivity index (χ3n) is 4.04. The number of carbonyl (C=O) groups excluding carboxylic acids is 1. The number of hydrogen-bond donors (Lipinski definition) is 1. The SMILES string of the molecule is CC(=O)Nc1nnc(S(=O)(=O)N2CC(c3ccc(C)cc3)OCC2C)s1. The highest BCUT2D eigenvalue weighted by Gasteiger charge is 2.38. The summed E-state index contributed by atoms with van der Waals surface area (Å²) < 4.78 is 33.1. The van der Waals surface area contributed by atoms with Gasteiger partial charge >= 0.3 is 0 Å². The maximum Gasteiger partial charge on any atom is 0.272 e. The van der Waals surface area contributed by atoms with Crippen LogP contribution in [0, 0.1) is 6.92 Å². The molecule has 2 aromatic rings. The molecule has 0 bridgehead atoms. The number of aryl methyl sites for hydroxylation is 1. The van der Waals surface area contributed by atoms with Crippen molar-refractivity contribution in [1.29, 1.82) is 0 Å². The van der Waals surface area contributed by atoms with Crippen molar-refractivity contribution in [2.24, 2.45) is 0 Å². The van der Waals surface area contributed by atoms with Crippen molar-refractivity contribution in [3.63, 3.8) is 0 Å². The second kappa shape index (κ2) is 7.39. The van der Waals surface area contributed by atoms with E-state index >= 15 is 0 Å². The predicted octanol–water partition coefficient (Wildman–Crippen LogP) is 1.96. The molecule has 1 fully saturated rings. The largest absolute Gasteiger partial charge is 0.370 e. The summed E-state index contributed by atoms with van der Waals surface area (Å²) in [5.41, 5.74) is 2.06. The van der Waals surface area contributed by atoms with Crippen molar-refractivity contribution < 1.29 is 17.9 Å². The molecular weight excluding hydrogens is 376 g/mol. The molecule has 1 aliphatic heterocycles. The molecule has 0 aliphatic carbocycles. The van der Waals surface area contributed by atoms with Crippen LogP contribution in [0.1, 0.15) is 31.1 Å². The molecule has 8 nitrogen and oxygen atoms in total. The second-order valence-corrected chi connectivity index (χ2v) is 9.25. The van der Waals surface area contributed by atoms with Crippen LogP contribution in [0.15, 0.2) is 28.6 Å². The zero-order valence-electron chi connectivity index (χ0n) is 14.7. The Morgan fingerprint density at radius 3 is 2.65 bits per heavy atom. The maximum atomic E-state index is 13.0. The van der Waals surface area contributed by atoms with Gasteiger partial charge in [0.2, 0.25) is 15.4 Å².